The van der Waals surface area contributed by atoms with Crippen molar-refractivity contribution in [1.82, 2.24) is 0 Å². The van der Waals surface area contributed by atoms with Gasteiger partial charge in [0, 0.05) is 10.9 Å². The lowest BCUT2D eigenvalue weighted by Crippen LogP contribution is -2.17. The quantitative estimate of drug-likeness (QED) is 0.321. The standard InChI is InChI=1S/C28H20N2O4/c29-27(31)26-25(23-16-13-20(17-24(23)34-26)18-7-3-1-4-8-18)30-28(32)19-11-14-22(15-12-19)33-21-9-5-2-6-10-21/h1-17H,(H2,29,31)(H,30,32). The molecule has 5 rings (SSSR count). The second-order valence-electron chi connectivity index (χ2n) is 7.64. The maximum absolute atomic E-state index is 12.9. The summed E-state index contributed by atoms with van der Waals surface area (Å²) >= 11 is 0. The lowest BCUT2D eigenvalue weighted by molar-refractivity contribution is 0.0977. The molecular formula is C28H20N2O4. The molecular weight excluding hydrogens is 428 g/mol. The van der Waals surface area contributed by atoms with Gasteiger partial charge in [-0.3, -0.25) is 9.59 Å². The van der Waals surface area contributed by atoms with Crippen molar-refractivity contribution < 1.29 is 18.7 Å². The van der Waals surface area contributed by atoms with Crippen LogP contribution in [-0.4, -0.2) is 11.8 Å². The fraction of sp³-hybridized carbons (Fsp3) is 0. The highest BCUT2D eigenvalue weighted by Gasteiger charge is 2.21. The van der Waals surface area contributed by atoms with Crippen molar-refractivity contribution in [3.8, 4) is 22.6 Å². The van der Waals surface area contributed by atoms with E-state index in [2.05, 4.69) is 5.32 Å². The third kappa shape index (κ3) is 4.25. The number of benzene rings is 4. The molecule has 6 heteroatoms. The SMILES string of the molecule is NC(=O)c1oc2cc(-c3ccccc3)ccc2c1NC(=O)c1ccc(Oc2ccccc2)cc1. The molecule has 0 aliphatic heterocycles. The van der Waals surface area contributed by atoms with Crippen LogP contribution in [0.3, 0.4) is 0 Å². The van der Waals surface area contributed by atoms with E-state index < -0.39 is 11.8 Å². The van der Waals surface area contributed by atoms with E-state index in [1.807, 2.05) is 72.8 Å². The third-order valence-corrected chi connectivity index (χ3v) is 5.35. The van der Waals surface area contributed by atoms with E-state index in [-0.39, 0.29) is 11.4 Å². The van der Waals surface area contributed by atoms with Gasteiger partial charge in [-0.15, -0.1) is 0 Å². The van der Waals surface area contributed by atoms with Crippen LogP contribution >= 0.6 is 0 Å². The highest BCUT2D eigenvalue weighted by atomic mass is 16.5. The molecule has 0 saturated heterocycles. The van der Waals surface area contributed by atoms with Gasteiger partial charge in [0.2, 0.25) is 5.76 Å². The molecule has 0 unspecified atom stereocenters. The van der Waals surface area contributed by atoms with Gasteiger partial charge in [-0.05, 0) is 59.7 Å². The molecule has 4 aromatic carbocycles. The number of para-hydroxylation sites is 1. The molecule has 5 aromatic rings. The molecule has 0 fully saturated rings. The summed E-state index contributed by atoms with van der Waals surface area (Å²) in [5.41, 5.74) is 8.56. The van der Waals surface area contributed by atoms with Gasteiger partial charge in [0.1, 0.15) is 22.8 Å². The summed E-state index contributed by atoms with van der Waals surface area (Å²) in [7, 11) is 0. The number of anilines is 1. The average molecular weight is 448 g/mol. The van der Waals surface area contributed by atoms with Crippen molar-refractivity contribution >= 4 is 28.5 Å². The molecule has 0 spiro atoms. The predicted molar refractivity (Wildman–Crippen MR) is 131 cm³/mol. The lowest BCUT2D eigenvalue weighted by atomic mass is 10.0. The average Bonchev–Trinajstić information content (AvgIpc) is 3.23. The number of fused-ring (bicyclic) bond motifs is 1. The molecule has 0 saturated carbocycles. The number of furan rings is 1. The Balaban J connectivity index is 1.41. The first kappa shape index (κ1) is 21.0. The van der Waals surface area contributed by atoms with E-state index in [1.54, 1.807) is 30.3 Å². The van der Waals surface area contributed by atoms with Crippen molar-refractivity contribution in [2.24, 2.45) is 5.73 Å². The lowest BCUT2D eigenvalue weighted by Gasteiger charge is -2.08. The Morgan fingerprint density at radius 2 is 1.38 bits per heavy atom. The Labute approximate surface area is 195 Å². The number of carbonyl (C=O) groups is 2. The zero-order valence-corrected chi connectivity index (χ0v) is 18.0. The van der Waals surface area contributed by atoms with Crippen LogP contribution in [0.25, 0.3) is 22.1 Å². The molecule has 0 atom stereocenters. The van der Waals surface area contributed by atoms with Crippen LogP contribution in [0, 0.1) is 0 Å². The first-order valence-corrected chi connectivity index (χ1v) is 10.6. The number of ether oxygens (including phenoxy) is 1. The Hall–Kier alpha value is -4.84. The minimum atomic E-state index is -0.764. The number of hydrogen-bond acceptors (Lipinski definition) is 4. The summed E-state index contributed by atoms with van der Waals surface area (Å²) in [6, 6.07) is 31.4. The zero-order valence-electron chi connectivity index (χ0n) is 18.0. The molecule has 34 heavy (non-hydrogen) atoms. The largest absolute Gasteiger partial charge is 0.457 e. The monoisotopic (exact) mass is 448 g/mol. The molecule has 166 valence electrons. The first-order valence-electron chi connectivity index (χ1n) is 10.6. The van der Waals surface area contributed by atoms with Crippen LogP contribution in [0.4, 0.5) is 5.69 Å². The van der Waals surface area contributed by atoms with Crippen molar-refractivity contribution in [2.45, 2.75) is 0 Å². The zero-order chi connectivity index (χ0) is 23.5. The molecule has 1 heterocycles. The number of nitrogens with two attached hydrogens (primary N) is 1. The number of primary amides is 1. The molecule has 0 radical (unpaired) electrons. The summed E-state index contributed by atoms with van der Waals surface area (Å²) in [5, 5.41) is 3.37. The van der Waals surface area contributed by atoms with Crippen LogP contribution in [0.5, 0.6) is 11.5 Å². The number of carbonyl (C=O) groups excluding carboxylic acids is 2. The van der Waals surface area contributed by atoms with Crippen LogP contribution in [-0.2, 0) is 0 Å². The Morgan fingerprint density at radius 1 is 0.735 bits per heavy atom. The van der Waals surface area contributed by atoms with E-state index >= 15 is 0 Å². The summed E-state index contributed by atoms with van der Waals surface area (Å²) in [4.78, 5) is 25.0. The molecule has 1 aromatic heterocycles. The maximum Gasteiger partial charge on any atom is 0.286 e. The molecule has 0 aliphatic rings. The van der Waals surface area contributed by atoms with Gasteiger partial charge in [-0.1, -0.05) is 54.6 Å². The van der Waals surface area contributed by atoms with Crippen LogP contribution in [0.1, 0.15) is 20.9 Å². The summed E-state index contributed by atoms with van der Waals surface area (Å²) in [6.45, 7) is 0. The summed E-state index contributed by atoms with van der Waals surface area (Å²) in [5.74, 6) is 0.0360. The maximum atomic E-state index is 12.9. The number of rotatable bonds is 6. The molecule has 2 amide bonds. The van der Waals surface area contributed by atoms with Gasteiger partial charge in [0.25, 0.3) is 11.8 Å². The number of nitrogens with one attached hydrogen (secondary N) is 1. The smallest absolute Gasteiger partial charge is 0.286 e. The molecule has 0 bridgehead atoms. The van der Waals surface area contributed by atoms with Gasteiger partial charge < -0.3 is 20.2 Å². The van der Waals surface area contributed by atoms with Crippen LogP contribution in [0.15, 0.2) is 108 Å². The fourth-order valence-electron chi connectivity index (χ4n) is 3.69. The molecule has 3 N–H and O–H groups in total. The van der Waals surface area contributed by atoms with E-state index in [0.29, 0.717) is 28.0 Å². The van der Waals surface area contributed by atoms with E-state index in [4.69, 9.17) is 14.9 Å². The number of amides is 2. The van der Waals surface area contributed by atoms with E-state index in [0.717, 1.165) is 11.1 Å². The minimum absolute atomic E-state index is 0.0995. The minimum Gasteiger partial charge on any atom is -0.457 e. The fourth-order valence-corrected chi connectivity index (χ4v) is 3.69. The van der Waals surface area contributed by atoms with Gasteiger partial charge >= 0.3 is 0 Å². The van der Waals surface area contributed by atoms with Gasteiger partial charge in [-0.25, -0.2) is 0 Å². The Morgan fingerprint density at radius 3 is 2.06 bits per heavy atom. The van der Waals surface area contributed by atoms with E-state index in [1.165, 1.54) is 0 Å². The topological polar surface area (TPSA) is 94.6 Å². The molecule has 0 aliphatic carbocycles. The summed E-state index contributed by atoms with van der Waals surface area (Å²) in [6.07, 6.45) is 0. The normalized spacial score (nSPS) is 10.7. The van der Waals surface area contributed by atoms with Crippen molar-refractivity contribution in [3.63, 3.8) is 0 Å². The molecule has 6 nitrogen and oxygen atoms in total. The second-order valence-corrected chi connectivity index (χ2v) is 7.64. The highest BCUT2D eigenvalue weighted by molar-refractivity contribution is 6.14. The Kier molecular flexibility index (Phi) is 5.54. The predicted octanol–water partition coefficient (Wildman–Crippen LogP) is 6.24. The van der Waals surface area contributed by atoms with Crippen molar-refractivity contribution in [1.29, 1.82) is 0 Å². The van der Waals surface area contributed by atoms with Gasteiger partial charge in [0.05, 0.1) is 0 Å². The Bertz CT molecular complexity index is 1470. The van der Waals surface area contributed by atoms with E-state index in [9.17, 15) is 9.59 Å². The number of hydrogen-bond donors (Lipinski definition) is 2. The van der Waals surface area contributed by atoms with Crippen LogP contribution in [0.2, 0.25) is 0 Å². The van der Waals surface area contributed by atoms with Crippen molar-refractivity contribution in [2.75, 3.05) is 5.32 Å². The first-order chi connectivity index (χ1) is 16.6. The third-order valence-electron chi connectivity index (χ3n) is 5.35. The van der Waals surface area contributed by atoms with Gasteiger partial charge in [0.15, 0.2) is 0 Å². The summed E-state index contributed by atoms with van der Waals surface area (Å²) < 4.78 is 11.5. The van der Waals surface area contributed by atoms with Gasteiger partial charge in [-0.2, -0.15) is 0 Å². The second kappa shape index (κ2) is 8.96. The highest BCUT2D eigenvalue weighted by Crippen LogP contribution is 2.34. The van der Waals surface area contributed by atoms with Crippen LogP contribution < -0.4 is 15.8 Å². The van der Waals surface area contributed by atoms with Crippen molar-refractivity contribution in [3.05, 3.63) is 114 Å².